The fourth-order valence-corrected chi connectivity index (χ4v) is 10.4. The van der Waals surface area contributed by atoms with Gasteiger partial charge in [0.1, 0.15) is 0 Å². The number of rotatable bonds is 62. The summed E-state index contributed by atoms with van der Waals surface area (Å²) in [6.45, 7) is 4.90. The maximum Gasteiger partial charge on any atom is 0.305 e. The molecule has 0 fully saturated rings. The van der Waals surface area contributed by atoms with Crippen LogP contribution in [0.25, 0.3) is 0 Å². The maximum atomic E-state index is 12.5. The van der Waals surface area contributed by atoms with Crippen molar-refractivity contribution in [2.24, 2.45) is 0 Å². The summed E-state index contributed by atoms with van der Waals surface area (Å²) < 4.78 is 5.48. The van der Waals surface area contributed by atoms with E-state index < -0.39 is 12.1 Å². The number of amides is 1. The lowest BCUT2D eigenvalue weighted by molar-refractivity contribution is -0.143. The number of hydrogen-bond donors (Lipinski definition) is 3. The summed E-state index contributed by atoms with van der Waals surface area (Å²) in [6, 6.07) is -0.640. The highest BCUT2D eigenvalue weighted by Gasteiger charge is 2.18. The fourth-order valence-electron chi connectivity index (χ4n) is 10.4. The van der Waals surface area contributed by atoms with Crippen molar-refractivity contribution >= 4 is 11.9 Å². The van der Waals surface area contributed by atoms with Gasteiger partial charge in [-0.05, 0) is 57.8 Å². The molecule has 0 saturated carbocycles. The van der Waals surface area contributed by atoms with E-state index in [9.17, 15) is 19.8 Å². The average Bonchev–Trinajstić information content (AvgIpc) is 3.39. The molecule has 0 bridgehead atoms. The number of hydrogen-bond acceptors (Lipinski definition) is 5. The number of esters is 1. The van der Waals surface area contributed by atoms with E-state index in [0.717, 1.165) is 70.6 Å². The lowest BCUT2D eigenvalue weighted by Gasteiger charge is -2.20. The van der Waals surface area contributed by atoms with E-state index >= 15 is 0 Å². The Hall–Kier alpha value is -1.66. The van der Waals surface area contributed by atoms with Gasteiger partial charge in [-0.3, -0.25) is 9.59 Å². The molecule has 0 heterocycles. The predicted molar refractivity (Wildman–Crippen MR) is 320 cm³/mol. The van der Waals surface area contributed by atoms with Crippen LogP contribution < -0.4 is 5.32 Å². The minimum Gasteiger partial charge on any atom is -0.466 e. The highest BCUT2D eigenvalue weighted by molar-refractivity contribution is 5.76. The van der Waals surface area contributed by atoms with Gasteiger partial charge in [-0.2, -0.15) is 0 Å². The van der Waals surface area contributed by atoms with Crippen molar-refractivity contribution in [1.29, 1.82) is 0 Å². The standard InChI is InChI=1S/C67H129NO5/c1-3-5-7-9-11-13-15-17-19-21-22-23-24-25-26-27-28-29-31-35-39-43-47-51-55-59-65(70)64(63-69)68-66(71)60-56-52-48-44-40-36-32-30-34-38-42-46-50-54-58-62-73-67(72)61-57-53-49-45-41-37-33-20-18-16-14-12-10-8-6-4-2/h34,38,55,59,64-65,69-70H,3-33,35-37,39-54,56-58,60-63H2,1-2H3,(H,68,71)/b38-34-,59-55+. The molecule has 0 radical (unpaired) electrons. The minimum atomic E-state index is -0.856. The summed E-state index contributed by atoms with van der Waals surface area (Å²) in [5.41, 5.74) is 0. The molecule has 0 aliphatic carbocycles. The van der Waals surface area contributed by atoms with Crippen LogP contribution in [0.1, 0.15) is 367 Å². The van der Waals surface area contributed by atoms with Crippen LogP contribution in [0, 0.1) is 0 Å². The zero-order chi connectivity index (χ0) is 52.9. The molecular weight excluding hydrogens is 899 g/mol. The Bertz CT molecular complexity index is 1140. The van der Waals surface area contributed by atoms with Crippen LogP contribution in [0.15, 0.2) is 24.3 Å². The van der Waals surface area contributed by atoms with Crippen molar-refractivity contribution in [3.05, 3.63) is 24.3 Å². The van der Waals surface area contributed by atoms with Gasteiger partial charge in [-0.1, -0.05) is 321 Å². The van der Waals surface area contributed by atoms with Crippen LogP contribution in [0.2, 0.25) is 0 Å². The van der Waals surface area contributed by atoms with E-state index in [-0.39, 0.29) is 18.5 Å². The van der Waals surface area contributed by atoms with Crippen molar-refractivity contribution in [2.75, 3.05) is 13.2 Å². The molecule has 73 heavy (non-hydrogen) atoms. The molecular formula is C67H129NO5. The smallest absolute Gasteiger partial charge is 0.305 e. The van der Waals surface area contributed by atoms with Crippen molar-refractivity contribution < 1.29 is 24.5 Å². The largest absolute Gasteiger partial charge is 0.466 e. The molecule has 0 aromatic carbocycles. The molecule has 3 N–H and O–H groups in total. The van der Waals surface area contributed by atoms with E-state index in [2.05, 4.69) is 31.3 Å². The van der Waals surface area contributed by atoms with Crippen LogP contribution in [-0.4, -0.2) is 47.4 Å². The van der Waals surface area contributed by atoms with Crippen LogP contribution in [0.3, 0.4) is 0 Å². The van der Waals surface area contributed by atoms with Crippen molar-refractivity contribution in [1.82, 2.24) is 5.32 Å². The second-order valence-electron chi connectivity index (χ2n) is 22.8. The molecule has 0 aliphatic heterocycles. The Kier molecular flexibility index (Phi) is 61.4. The molecule has 0 aromatic heterocycles. The van der Waals surface area contributed by atoms with Gasteiger partial charge in [0.2, 0.25) is 5.91 Å². The molecule has 0 aromatic rings. The second-order valence-corrected chi connectivity index (χ2v) is 22.8. The Morgan fingerprint density at radius 2 is 0.644 bits per heavy atom. The molecule has 0 aliphatic rings. The topological polar surface area (TPSA) is 95.9 Å². The minimum absolute atomic E-state index is 0.00681. The Morgan fingerprint density at radius 1 is 0.370 bits per heavy atom. The van der Waals surface area contributed by atoms with E-state index in [1.54, 1.807) is 6.08 Å². The molecule has 0 saturated heterocycles. The number of ether oxygens (including phenoxy) is 1. The van der Waals surface area contributed by atoms with Gasteiger partial charge < -0.3 is 20.3 Å². The third-order valence-corrected chi connectivity index (χ3v) is 15.5. The molecule has 2 atom stereocenters. The summed E-state index contributed by atoms with van der Waals surface area (Å²) >= 11 is 0. The quantitative estimate of drug-likeness (QED) is 0.0320. The lowest BCUT2D eigenvalue weighted by atomic mass is 10.0. The first-order chi connectivity index (χ1) is 36.0. The Balaban J connectivity index is 3.48. The highest BCUT2D eigenvalue weighted by atomic mass is 16.5. The van der Waals surface area contributed by atoms with Gasteiger partial charge in [-0.15, -0.1) is 0 Å². The number of carbonyl (C=O) groups excluding carboxylic acids is 2. The molecule has 0 rings (SSSR count). The molecule has 6 nitrogen and oxygen atoms in total. The Labute approximate surface area is 456 Å². The zero-order valence-electron chi connectivity index (χ0n) is 49.4. The van der Waals surface area contributed by atoms with Gasteiger partial charge in [0.25, 0.3) is 0 Å². The molecule has 2 unspecified atom stereocenters. The number of aliphatic hydroxyl groups is 2. The Morgan fingerprint density at radius 3 is 0.973 bits per heavy atom. The highest BCUT2D eigenvalue weighted by Crippen LogP contribution is 2.18. The number of aliphatic hydroxyl groups excluding tert-OH is 2. The first kappa shape index (κ1) is 71.3. The summed E-state index contributed by atoms with van der Waals surface area (Å²) in [5.74, 6) is -0.0858. The van der Waals surface area contributed by atoms with Crippen molar-refractivity contribution in [2.45, 2.75) is 379 Å². The summed E-state index contributed by atoms with van der Waals surface area (Å²) in [4.78, 5) is 24.6. The van der Waals surface area contributed by atoms with Gasteiger partial charge in [0.05, 0.1) is 25.4 Å². The van der Waals surface area contributed by atoms with E-state index in [4.69, 9.17) is 4.74 Å². The monoisotopic (exact) mass is 1030 g/mol. The van der Waals surface area contributed by atoms with Crippen molar-refractivity contribution in [3.63, 3.8) is 0 Å². The van der Waals surface area contributed by atoms with Gasteiger partial charge >= 0.3 is 5.97 Å². The van der Waals surface area contributed by atoms with E-state index in [1.165, 1.54) is 270 Å². The number of carbonyl (C=O) groups is 2. The lowest BCUT2D eigenvalue weighted by Crippen LogP contribution is -2.45. The molecule has 1 amide bonds. The van der Waals surface area contributed by atoms with E-state index in [0.29, 0.717) is 19.4 Å². The maximum absolute atomic E-state index is 12.5. The number of nitrogens with one attached hydrogen (secondary N) is 1. The predicted octanol–water partition coefficient (Wildman–Crippen LogP) is 21.0. The number of allylic oxidation sites excluding steroid dienone is 3. The van der Waals surface area contributed by atoms with Crippen LogP contribution in [0.4, 0.5) is 0 Å². The molecule has 432 valence electrons. The first-order valence-electron chi connectivity index (χ1n) is 33.1. The van der Waals surface area contributed by atoms with Crippen LogP contribution >= 0.6 is 0 Å². The summed E-state index contributed by atoms with van der Waals surface area (Å²) in [6.07, 6.45) is 78.0. The summed E-state index contributed by atoms with van der Waals surface area (Å²) in [7, 11) is 0. The fraction of sp³-hybridized carbons (Fsp3) is 0.910. The van der Waals surface area contributed by atoms with Crippen LogP contribution in [0.5, 0.6) is 0 Å². The second kappa shape index (κ2) is 62.9. The number of unbranched alkanes of at least 4 members (excludes halogenated alkanes) is 49. The van der Waals surface area contributed by atoms with Gasteiger partial charge in [0, 0.05) is 12.8 Å². The molecule has 6 heteroatoms. The van der Waals surface area contributed by atoms with Crippen LogP contribution in [-0.2, 0) is 14.3 Å². The van der Waals surface area contributed by atoms with E-state index in [1.807, 2.05) is 6.08 Å². The third-order valence-electron chi connectivity index (χ3n) is 15.5. The normalized spacial score (nSPS) is 12.7. The summed E-state index contributed by atoms with van der Waals surface area (Å²) in [5, 5.41) is 23.2. The van der Waals surface area contributed by atoms with Gasteiger partial charge in [0.15, 0.2) is 0 Å². The zero-order valence-corrected chi connectivity index (χ0v) is 49.4. The first-order valence-corrected chi connectivity index (χ1v) is 33.1. The average molecular weight is 1030 g/mol. The SMILES string of the molecule is CCCCCCCCCCCCCCCCCCCCCCCCC/C=C/C(O)C(CO)NC(=O)CCCCCCCCC/C=C\CCCCCCOC(=O)CCCCCCCCCCCCCCCCCC. The van der Waals surface area contributed by atoms with Gasteiger partial charge in [-0.25, -0.2) is 0 Å². The molecule has 0 spiro atoms. The van der Waals surface area contributed by atoms with Crippen molar-refractivity contribution in [3.8, 4) is 0 Å². The third kappa shape index (κ3) is 59.4.